The van der Waals surface area contributed by atoms with Gasteiger partial charge in [0.15, 0.2) is 0 Å². The van der Waals surface area contributed by atoms with E-state index in [1.54, 1.807) is 19.2 Å². The van der Waals surface area contributed by atoms with E-state index in [2.05, 4.69) is 10.6 Å². The number of carbonyl (C=O) groups excluding carboxylic acids is 1. The van der Waals surface area contributed by atoms with Gasteiger partial charge >= 0.3 is 6.18 Å². The van der Waals surface area contributed by atoms with Crippen molar-refractivity contribution in [3.05, 3.63) is 35.4 Å². The molecule has 0 unspecified atom stereocenters. The van der Waals surface area contributed by atoms with E-state index >= 15 is 0 Å². The highest BCUT2D eigenvalue weighted by Crippen LogP contribution is 2.30. The Balaban J connectivity index is 1.84. The third-order valence-electron chi connectivity index (χ3n) is 4.24. The van der Waals surface area contributed by atoms with Crippen molar-refractivity contribution in [3.8, 4) is 0 Å². The summed E-state index contributed by atoms with van der Waals surface area (Å²) >= 11 is 0. The van der Waals surface area contributed by atoms with Crippen molar-refractivity contribution in [2.75, 3.05) is 20.6 Å². The Morgan fingerprint density at radius 2 is 1.91 bits per heavy atom. The van der Waals surface area contributed by atoms with Crippen LogP contribution in [0.25, 0.3) is 0 Å². The molecular weight excluding hydrogens is 307 g/mol. The number of benzene rings is 1. The molecule has 1 aliphatic heterocycles. The average Bonchev–Trinajstić information content (AvgIpc) is 2.51. The number of nitrogens with one attached hydrogen (secondary N) is 2. The molecule has 0 aliphatic carbocycles. The predicted molar refractivity (Wildman–Crippen MR) is 82.2 cm³/mol. The van der Waals surface area contributed by atoms with Gasteiger partial charge in [-0.25, -0.2) is 0 Å². The predicted octanol–water partition coefficient (Wildman–Crippen LogP) is 2.16. The summed E-state index contributed by atoms with van der Waals surface area (Å²) in [5.41, 5.74) is 1.58. The molecule has 0 saturated carbocycles. The first-order valence-corrected chi connectivity index (χ1v) is 7.62. The lowest BCUT2D eigenvalue weighted by atomic mass is 9.98. The number of likely N-dealkylation sites (tertiary alicyclic amines) is 1. The second-order valence-corrected chi connectivity index (χ2v) is 5.93. The highest BCUT2D eigenvalue weighted by Gasteiger charge is 2.44. The number of likely N-dealkylation sites (N-methyl/N-ethyl adjacent to an activating group) is 1. The van der Waals surface area contributed by atoms with Crippen LogP contribution in [-0.2, 0) is 6.54 Å². The monoisotopic (exact) mass is 329 g/mol. The van der Waals surface area contributed by atoms with Crippen molar-refractivity contribution in [2.45, 2.75) is 37.6 Å². The quantitative estimate of drug-likeness (QED) is 0.890. The lowest BCUT2D eigenvalue weighted by Gasteiger charge is -2.38. The van der Waals surface area contributed by atoms with E-state index in [1.807, 2.05) is 12.1 Å². The molecule has 1 aliphatic rings. The summed E-state index contributed by atoms with van der Waals surface area (Å²) in [6.45, 7) is 0.948. The van der Waals surface area contributed by atoms with Gasteiger partial charge in [-0.05, 0) is 37.6 Å². The van der Waals surface area contributed by atoms with Crippen LogP contribution < -0.4 is 10.6 Å². The molecule has 1 aromatic carbocycles. The largest absolute Gasteiger partial charge is 0.404 e. The molecule has 7 heteroatoms. The molecule has 1 fully saturated rings. The lowest BCUT2D eigenvalue weighted by Crippen LogP contribution is -2.53. The molecule has 0 aromatic heterocycles. The third-order valence-corrected chi connectivity index (χ3v) is 4.24. The third kappa shape index (κ3) is 4.68. The zero-order valence-corrected chi connectivity index (χ0v) is 13.3. The second kappa shape index (κ2) is 7.31. The van der Waals surface area contributed by atoms with Gasteiger partial charge in [0.25, 0.3) is 5.91 Å². The number of hydrogen-bond donors (Lipinski definition) is 2. The molecule has 1 aromatic rings. The van der Waals surface area contributed by atoms with Gasteiger partial charge in [0.1, 0.15) is 6.04 Å². The first-order valence-electron chi connectivity index (χ1n) is 7.62. The van der Waals surface area contributed by atoms with E-state index in [1.165, 1.54) is 11.9 Å². The maximum Gasteiger partial charge on any atom is 0.404 e. The number of rotatable bonds is 4. The second-order valence-electron chi connectivity index (χ2n) is 5.93. The molecule has 1 heterocycles. The number of halogens is 3. The number of amides is 1. The van der Waals surface area contributed by atoms with E-state index < -0.39 is 12.2 Å². The van der Waals surface area contributed by atoms with E-state index in [4.69, 9.17) is 0 Å². The SMILES string of the molecule is CNC(=O)c1ccc(CN[C@@H]2CC[C@@H](C(F)(F)F)N(C)C2)cc1. The van der Waals surface area contributed by atoms with Gasteiger partial charge in [-0.2, -0.15) is 13.2 Å². The molecule has 2 N–H and O–H groups in total. The Hall–Kier alpha value is -1.60. The van der Waals surface area contributed by atoms with Crippen molar-refractivity contribution in [3.63, 3.8) is 0 Å². The van der Waals surface area contributed by atoms with Crippen LogP contribution in [0.1, 0.15) is 28.8 Å². The summed E-state index contributed by atoms with van der Waals surface area (Å²) in [6.07, 6.45) is -3.53. The van der Waals surface area contributed by atoms with Gasteiger partial charge < -0.3 is 10.6 Å². The van der Waals surface area contributed by atoms with Crippen LogP contribution in [-0.4, -0.2) is 49.7 Å². The number of piperidine rings is 1. The highest BCUT2D eigenvalue weighted by atomic mass is 19.4. The minimum absolute atomic E-state index is 0.0391. The van der Waals surface area contributed by atoms with Crippen LogP contribution in [0.3, 0.4) is 0 Å². The molecule has 2 atom stereocenters. The first kappa shape index (κ1) is 17.7. The molecule has 1 saturated heterocycles. The fraction of sp³-hybridized carbons (Fsp3) is 0.562. The molecule has 1 amide bonds. The van der Waals surface area contributed by atoms with Crippen molar-refractivity contribution in [1.29, 1.82) is 0 Å². The van der Waals surface area contributed by atoms with Crippen LogP contribution in [0, 0.1) is 0 Å². The normalized spacial score (nSPS) is 22.8. The summed E-state index contributed by atoms with van der Waals surface area (Å²) in [5.74, 6) is -0.142. The molecule has 4 nitrogen and oxygen atoms in total. The van der Waals surface area contributed by atoms with E-state index in [9.17, 15) is 18.0 Å². The van der Waals surface area contributed by atoms with Crippen LogP contribution in [0.5, 0.6) is 0 Å². The maximum absolute atomic E-state index is 12.8. The molecule has 23 heavy (non-hydrogen) atoms. The van der Waals surface area contributed by atoms with Gasteiger partial charge in [0.05, 0.1) is 0 Å². The zero-order chi connectivity index (χ0) is 17.0. The van der Waals surface area contributed by atoms with Crippen LogP contribution in [0.15, 0.2) is 24.3 Å². The standard InChI is InChI=1S/C16H22F3N3O/c1-20-15(23)12-5-3-11(4-6-12)9-21-13-7-8-14(16(17,18)19)22(2)10-13/h3-6,13-14,21H,7-10H2,1-2H3,(H,20,23)/t13-,14+/m1/s1. The van der Waals surface area contributed by atoms with Gasteiger partial charge in [0, 0.05) is 31.7 Å². The molecule has 2 rings (SSSR count). The number of nitrogens with zero attached hydrogens (tertiary/aromatic N) is 1. The summed E-state index contributed by atoms with van der Waals surface area (Å²) in [6, 6.07) is 5.88. The molecular formula is C16H22F3N3O. The van der Waals surface area contributed by atoms with E-state index in [0.717, 1.165) is 5.56 Å². The molecule has 128 valence electrons. The van der Waals surface area contributed by atoms with E-state index in [-0.39, 0.29) is 18.4 Å². The van der Waals surface area contributed by atoms with Crippen LogP contribution >= 0.6 is 0 Å². The fourth-order valence-corrected chi connectivity index (χ4v) is 2.91. The van der Waals surface area contributed by atoms with Crippen LogP contribution in [0.2, 0.25) is 0 Å². The number of hydrogen-bond acceptors (Lipinski definition) is 3. The molecule has 0 radical (unpaired) electrons. The Bertz CT molecular complexity index is 530. The zero-order valence-electron chi connectivity index (χ0n) is 13.3. The molecule has 0 spiro atoms. The summed E-state index contributed by atoms with van der Waals surface area (Å²) in [7, 11) is 3.09. The van der Waals surface area contributed by atoms with Crippen molar-refractivity contribution in [2.24, 2.45) is 0 Å². The minimum Gasteiger partial charge on any atom is -0.355 e. The maximum atomic E-state index is 12.8. The van der Waals surface area contributed by atoms with Crippen LogP contribution in [0.4, 0.5) is 13.2 Å². The first-order chi connectivity index (χ1) is 10.8. The van der Waals surface area contributed by atoms with Crippen molar-refractivity contribution >= 4 is 5.91 Å². The van der Waals surface area contributed by atoms with Crippen molar-refractivity contribution < 1.29 is 18.0 Å². The topological polar surface area (TPSA) is 44.4 Å². The Morgan fingerprint density at radius 1 is 1.26 bits per heavy atom. The average molecular weight is 329 g/mol. The fourth-order valence-electron chi connectivity index (χ4n) is 2.91. The molecule has 0 bridgehead atoms. The number of carbonyl (C=O) groups is 1. The Labute approximate surface area is 134 Å². The number of alkyl halides is 3. The highest BCUT2D eigenvalue weighted by molar-refractivity contribution is 5.93. The minimum atomic E-state index is -4.16. The lowest BCUT2D eigenvalue weighted by molar-refractivity contribution is -0.188. The van der Waals surface area contributed by atoms with Gasteiger partial charge in [-0.15, -0.1) is 0 Å². The summed E-state index contributed by atoms with van der Waals surface area (Å²) < 4.78 is 38.4. The van der Waals surface area contributed by atoms with E-state index in [0.29, 0.717) is 25.1 Å². The Morgan fingerprint density at radius 3 is 2.43 bits per heavy atom. The van der Waals surface area contributed by atoms with Crippen molar-refractivity contribution in [1.82, 2.24) is 15.5 Å². The Kier molecular flexibility index (Phi) is 5.64. The van der Waals surface area contributed by atoms with Gasteiger partial charge in [0.2, 0.25) is 0 Å². The van der Waals surface area contributed by atoms with Gasteiger partial charge in [-0.1, -0.05) is 12.1 Å². The summed E-state index contributed by atoms with van der Waals surface area (Å²) in [5, 5.41) is 5.85. The summed E-state index contributed by atoms with van der Waals surface area (Å²) in [4.78, 5) is 12.8. The van der Waals surface area contributed by atoms with Gasteiger partial charge in [-0.3, -0.25) is 9.69 Å². The smallest absolute Gasteiger partial charge is 0.355 e.